The third-order valence-electron chi connectivity index (χ3n) is 4.45. The lowest BCUT2D eigenvalue weighted by Gasteiger charge is -2.20. The Morgan fingerprint density at radius 2 is 1.68 bits per heavy atom. The Morgan fingerprint density at radius 1 is 1.07 bits per heavy atom. The van der Waals surface area contributed by atoms with E-state index in [1.165, 1.54) is 29.2 Å². The smallest absolute Gasteiger partial charge is 0.332 e. The highest BCUT2D eigenvalue weighted by Gasteiger charge is 2.43. The second-order valence-corrected chi connectivity index (χ2v) is 6.39. The number of urea groups is 1. The highest BCUT2D eigenvalue weighted by molar-refractivity contribution is 6.14. The van der Waals surface area contributed by atoms with Gasteiger partial charge in [-0.1, -0.05) is 0 Å². The molecule has 28 heavy (non-hydrogen) atoms. The first-order valence-corrected chi connectivity index (χ1v) is 8.75. The van der Waals surface area contributed by atoms with E-state index in [9.17, 15) is 19.1 Å². The molecule has 2 aromatic carbocycles. The van der Waals surface area contributed by atoms with Gasteiger partial charge >= 0.3 is 6.03 Å². The molecule has 1 saturated heterocycles. The first-order chi connectivity index (χ1) is 13.4. The van der Waals surface area contributed by atoms with E-state index in [2.05, 4.69) is 0 Å². The fourth-order valence-corrected chi connectivity index (χ4v) is 2.96. The molecule has 2 atom stereocenters. The van der Waals surface area contributed by atoms with Crippen LogP contribution in [0, 0.1) is 5.82 Å². The van der Waals surface area contributed by atoms with E-state index in [0.29, 0.717) is 17.2 Å². The fraction of sp³-hybridized carbons (Fsp3) is 0.300. The van der Waals surface area contributed by atoms with Crippen molar-refractivity contribution in [2.24, 2.45) is 0 Å². The first kappa shape index (κ1) is 19.6. The van der Waals surface area contributed by atoms with Crippen molar-refractivity contribution in [3.8, 4) is 11.5 Å². The second-order valence-electron chi connectivity index (χ2n) is 6.39. The zero-order valence-corrected chi connectivity index (χ0v) is 15.5. The van der Waals surface area contributed by atoms with Crippen molar-refractivity contribution in [2.45, 2.75) is 19.1 Å². The molecular weight excluding hydrogens is 367 g/mol. The summed E-state index contributed by atoms with van der Waals surface area (Å²) in [5, 5.41) is 10.2. The molecule has 7 nitrogen and oxygen atoms in total. The maximum absolute atomic E-state index is 13.1. The lowest BCUT2D eigenvalue weighted by Crippen LogP contribution is -2.40. The number of carbonyl (C=O) groups is 2. The highest BCUT2D eigenvalue weighted by atomic mass is 19.1. The van der Waals surface area contributed by atoms with E-state index in [-0.39, 0.29) is 13.2 Å². The van der Waals surface area contributed by atoms with E-state index in [0.717, 1.165) is 4.90 Å². The van der Waals surface area contributed by atoms with Gasteiger partial charge in [0.05, 0.1) is 13.7 Å². The van der Waals surface area contributed by atoms with Crippen molar-refractivity contribution in [2.75, 3.05) is 25.2 Å². The van der Waals surface area contributed by atoms with Crippen LogP contribution in [0.5, 0.6) is 11.5 Å². The van der Waals surface area contributed by atoms with Gasteiger partial charge in [0.25, 0.3) is 5.91 Å². The third kappa shape index (κ3) is 4.07. The van der Waals surface area contributed by atoms with Crippen LogP contribution in [-0.2, 0) is 4.79 Å². The number of nitrogens with zero attached hydrogens (tertiary/aromatic N) is 2. The van der Waals surface area contributed by atoms with Gasteiger partial charge in [0.1, 0.15) is 36.1 Å². The van der Waals surface area contributed by atoms with Crippen LogP contribution in [0.15, 0.2) is 48.5 Å². The van der Waals surface area contributed by atoms with Crippen molar-refractivity contribution >= 4 is 17.6 Å². The summed E-state index contributed by atoms with van der Waals surface area (Å²) >= 11 is 0. The fourth-order valence-electron chi connectivity index (χ4n) is 2.96. The molecule has 3 amide bonds. The van der Waals surface area contributed by atoms with Gasteiger partial charge in [-0.05, 0) is 55.5 Å². The molecule has 0 aliphatic carbocycles. The second kappa shape index (κ2) is 8.26. The minimum Gasteiger partial charge on any atom is -0.497 e. The lowest BCUT2D eigenvalue weighted by atomic mass is 10.2. The number of hydrogen-bond acceptors (Lipinski definition) is 5. The zero-order valence-electron chi connectivity index (χ0n) is 15.5. The Hall–Kier alpha value is -3.13. The van der Waals surface area contributed by atoms with E-state index < -0.39 is 29.9 Å². The Morgan fingerprint density at radius 3 is 2.29 bits per heavy atom. The molecule has 3 rings (SSSR count). The largest absolute Gasteiger partial charge is 0.497 e. The number of aliphatic hydroxyl groups is 1. The van der Waals surface area contributed by atoms with Crippen molar-refractivity contribution in [1.82, 2.24) is 4.90 Å². The maximum atomic E-state index is 13.1. The summed E-state index contributed by atoms with van der Waals surface area (Å²) in [7, 11) is 1.56. The molecular formula is C20H21FN2O5. The van der Waals surface area contributed by atoms with Gasteiger partial charge in [-0.25, -0.2) is 9.18 Å². The molecule has 0 aromatic heterocycles. The molecule has 8 heteroatoms. The SMILES string of the molecule is COc1ccc(OC[C@H](O)CN2C(=O)[C@@H](C)N(c3ccc(F)cc3)C2=O)cc1. The number of benzene rings is 2. The summed E-state index contributed by atoms with van der Waals surface area (Å²) < 4.78 is 23.7. The Labute approximate surface area is 161 Å². The van der Waals surface area contributed by atoms with Gasteiger partial charge < -0.3 is 14.6 Å². The number of aliphatic hydroxyl groups excluding tert-OH is 1. The van der Waals surface area contributed by atoms with Crippen molar-refractivity contribution in [3.63, 3.8) is 0 Å². The van der Waals surface area contributed by atoms with E-state index in [1.807, 2.05) is 0 Å². The number of hydrogen-bond donors (Lipinski definition) is 1. The van der Waals surface area contributed by atoms with Gasteiger partial charge in [-0.15, -0.1) is 0 Å². The lowest BCUT2D eigenvalue weighted by molar-refractivity contribution is -0.128. The molecule has 148 valence electrons. The molecule has 1 N–H and O–H groups in total. The van der Waals surface area contributed by atoms with Crippen LogP contribution in [0.4, 0.5) is 14.9 Å². The van der Waals surface area contributed by atoms with Crippen molar-refractivity contribution in [3.05, 3.63) is 54.3 Å². The molecule has 1 aliphatic heterocycles. The number of methoxy groups -OCH3 is 1. The standard InChI is InChI=1S/C20H21FN2O5/c1-13-19(25)22(20(26)23(13)15-5-3-14(21)4-6-15)11-16(24)12-28-18-9-7-17(27-2)8-10-18/h3-10,13,16,24H,11-12H2,1-2H3/t13-,16-/m1/s1. The number of halogens is 1. The molecule has 0 saturated carbocycles. The van der Waals surface area contributed by atoms with Crippen molar-refractivity contribution in [1.29, 1.82) is 0 Å². The Kier molecular flexibility index (Phi) is 5.79. The van der Waals surface area contributed by atoms with Gasteiger partial charge in [-0.3, -0.25) is 14.6 Å². The highest BCUT2D eigenvalue weighted by Crippen LogP contribution is 2.26. The van der Waals surface area contributed by atoms with Crippen LogP contribution >= 0.6 is 0 Å². The minimum atomic E-state index is -1.06. The normalized spacial score (nSPS) is 17.8. The summed E-state index contributed by atoms with van der Waals surface area (Å²) in [6.45, 7) is 1.30. The molecule has 2 aromatic rings. The summed E-state index contributed by atoms with van der Waals surface area (Å²) in [5.74, 6) is 0.339. The van der Waals surface area contributed by atoms with E-state index in [1.54, 1.807) is 38.3 Å². The topological polar surface area (TPSA) is 79.3 Å². The van der Waals surface area contributed by atoms with Crippen LogP contribution in [-0.4, -0.2) is 54.4 Å². The monoisotopic (exact) mass is 388 g/mol. The molecule has 0 bridgehead atoms. The third-order valence-corrected chi connectivity index (χ3v) is 4.45. The number of β-amino-alcohol motifs (C(OH)–C–C–N with tert-alkyl or cyclic N) is 1. The molecule has 0 radical (unpaired) electrons. The Balaban J connectivity index is 1.61. The number of ether oxygens (including phenoxy) is 2. The average molecular weight is 388 g/mol. The molecule has 1 heterocycles. The van der Waals surface area contributed by atoms with Crippen molar-refractivity contribution < 1.29 is 28.6 Å². The summed E-state index contributed by atoms with van der Waals surface area (Å²) in [4.78, 5) is 27.4. The van der Waals surface area contributed by atoms with E-state index >= 15 is 0 Å². The maximum Gasteiger partial charge on any atom is 0.332 e. The van der Waals surface area contributed by atoms with Crippen LogP contribution in [0.2, 0.25) is 0 Å². The number of imide groups is 1. The van der Waals surface area contributed by atoms with Crippen LogP contribution in [0.1, 0.15) is 6.92 Å². The van der Waals surface area contributed by atoms with Crippen LogP contribution in [0.25, 0.3) is 0 Å². The average Bonchev–Trinajstić information content (AvgIpc) is 2.91. The van der Waals surface area contributed by atoms with Crippen LogP contribution < -0.4 is 14.4 Å². The quantitative estimate of drug-likeness (QED) is 0.737. The summed E-state index contributed by atoms with van der Waals surface area (Å²) in [6.07, 6.45) is -1.06. The summed E-state index contributed by atoms with van der Waals surface area (Å²) in [6, 6.07) is 10.8. The van der Waals surface area contributed by atoms with Gasteiger partial charge in [0.2, 0.25) is 0 Å². The first-order valence-electron chi connectivity index (χ1n) is 8.75. The number of anilines is 1. The van der Waals surface area contributed by atoms with Crippen LogP contribution in [0.3, 0.4) is 0 Å². The molecule has 1 aliphatic rings. The minimum absolute atomic E-state index is 0.0890. The molecule has 0 unspecified atom stereocenters. The predicted molar refractivity (Wildman–Crippen MR) is 99.9 cm³/mol. The van der Waals surface area contributed by atoms with E-state index in [4.69, 9.17) is 9.47 Å². The zero-order chi connectivity index (χ0) is 20.3. The Bertz CT molecular complexity index is 841. The number of rotatable bonds is 7. The summed E-state index contributed by atoms with van der Waals surface area (Å²) in [5.41, 5.74) is 0.415. The predicted octanol–water partition coefficient (Wildman–Crippen LogP) is 2.43. The number of carbonyl (C=O) groups excluding carboxylic acids is 2. The molecule has 1 fully saturated rings. The van der Waals surface area contributed by atoms with Gasteiger partial charge in [0.15, 0.2) is 0 Å². The number of amides is 3. The molecule has 0 spiro atoms. The van der Waals surface area contributed by atoms with Gasteiger partial charge in [0, 0.05) is 5.69 Å². The van der Waals surface area contributed by atoms with Gasteiger partial charge in [-0.2, -0.15) is 0 Å².